The summed E-state index contributed by atoms with van der Waals surface area (Å²) < 4.78 is 5.43. The molecule has 1 N–H and O–H groups in total. The number of hydrogen-bond acceptors (Lipinski definition) is 2. The van der Waals surface area contributed by atoms with Crippen molar-refractivity contribution in [1.29, 1.82) is 0 Å². The summed E-state index contributed by atoms with van der Waals surface area (Å²) in [6, 6.07) is 0. The molecular weight excluding hydrogens is 204 g/mol. The van der Waals surface area contributed by atoms with Crippen molar-refractivity contribution >= 4 is 5.97 Å². The third-order valence-corrected chi connectivity index (χ3v) is 2.82. The fourth-order valence-electron chi connectivity index (χ4n) is 1.67. The van der Waals surface area contributed by atoms with Gasteiger partial charge in [-0.3, -0.25) is 0 Å². The first-order chi connectivity index (χ1) is 7.47. The first-order valence-corrected chi connectivity index (χ1v) is 5.55. The maximum atomic E-state index is 10.8. The summed E-state index contributed by atoms with van der Waals surface area (Å²) in [6.45, 7) is 7.61. The van der Waals surface area contributed by atoms with E-state index in [0.717, 1.165) is 12.0 Å². The van der Waals surface area contributed by atoms with Crippen molar-refractivity contribution in [2.75, 3.05) is 7.11 Å². The topological polar surface area (TPSA) is 46.5 Å². The molecule has 2 atom stereocenters. The Morgan fingerprint density at radius 1 is 1.44 bits per heavy atom. The molecule has 0 radical (unpaired) electrons. The van der Waals surface area contributed by atoms with Crippen LogP contribution in [0.4, 0.5) is 0 Å². The van der Waals surface area contributed by atoms with Gasteiger partial charge in [0.05, 0.1) is 6.10 Å². The number of hydrogen-bond donors (Lipinski definition) is 1. The third-order valence-electron chi connectivity index (χ3n) is 2.82. The summed E-state index contributed by atoms with van der Waals surface area (Å²) in [5, 5.41) is 8.85. The minimum Gasteiger partial charge on any atom is -0.478 e. The van der Waals surface area contributed by atoms with Gasteiger partial charge in [0, 0.05) is 18.6 Å². The van der Waals surface area contributed by atoms with Gasteiger partial charge in [-0.2, -0.15) is 0 Å². The Morgan fingerprint density at radius 2 is 2.00 bits per heavy atom. The Kier molecular flexibility index (Phi) is 6.74. The van der Waals surface area contributed by atoms with Crippen molar-refractivity contribution in [3.05, 3.63) is 23.3 Å². The average molecular weight is 226 g/mol. The Hall–Kier alpha value is -1.09. The zero-order valence-corrected chi connectivity index (χ0v) is 10.8. The van der Waals surface area contributed by atoms with E-state index in [0.29, 0.717) is 5.57 Å². The molecule has 0 aliphatic carbocycles. The van der Waals surface area contributed by atoms with E-state index in [4.69, 9.17) is 9.84 Å². The Labute approximate surface area is 97.8 Å². The van der Waals surface area contributed by atoms with Gasteiger partial charge in [0.1, 0.15) is 0 Å². The van der Waals surface area contributed by atoms with Crippen LogP contribution in [0.2, 0.25) is 0 Å². The van der Waals surface area contributed by atoms with Crippen LogP contribution in [0.25, 0.3) is 0 Å². The van der Waals surface area contributed by atoms with E-state index in [-0.39, 0.29) is 12.0 Å². The summed E-state index contributed by atoms with van der Waals surface area (Å²) in [7, 11) is 1.66. The second kappa shape index (κ2) is 7.23. The molecule has 0 aromatic rings. The second-order valence-electron chi connectivity index (χ2n) is 3.92. The van der Waals surface area contributed by atoms with E-state index in [9.17, 15) is 4.79 Å². The molecule has 0 amide bonds. The Balaban J connectivity index is 4.97. The molecule has 0 aromatic heterocycles. The van der Waals surface area contributed by atoms with E-state index < -0.39 is 5.97 Å². The smallest absolute Gasteiger partial charge is 0.330 e. The lowest BCUT2D eigenvalue weighted by molar-refractivity contribution is -0.132. The van der Waals surface area contributed by atoms with E-state index in [1.165, 1.54) is 0 Å². The quantitative estimate of drug-likeness (QED) is 0.559. The molecule has 92 valence electrons. The van der Waals surface area contributed by atoms with Gasteiger partial charge in [-0.1, -0.05) is 19.1 Å². The predicted molar refractivity (Wildman–Crippen MR) is 65.4 cm³/mol. The van der Waals surface area contributed by atoms with Gasteiger partial charge < -0.3 is 9.84 Å². The maximum absolute atomic E-state index is 10.8. The molecule has 0 saturated heterocycles. The minimum atomic E-state index is -0.869. The first-order valence-electron chi connectivity index (χ1n) is 5.55. The monoisotopic (exact) mass is 226 g/mol. The molecule has 0 heterocycles. The number of carboxylic acid groups (broad SMARTS) is 1. The van der Waals surface area contributed by atoms with Crippen molar-refractivity contribution in [2.24, 2.45) is 5.92 Å². The molecule has 0 aliphatic rings. The molecule has 3 heteroatoms. The number of carbonyl (C=O) groups is 1. The molecule has 0 rings (SSSR count). The summed E-state index contributed by atoms with van der Waals surface area (Å²) in [5.41, 5.74) is 1.50. The number of carboxylic acids is 1. The summed E-state index contributed by atoms with van der Waals surface area (Å²) in [6.07, 6.45) is 4.60. The van der Waals surface area contributed by atoms with Gasteiger partial charge in [-0.15, -0.1) is 0 Å². The van der Waals surface area contributed by atoms with Gasteiger partial charge in [-0.05, 0) is 32.8 Å². The fraction of sp³-hybridized carbons (Fsp3) is 0.615. The third kappa shape index (κ3) is 4.19. The molecule has 0 aliphatic heterocycles. The molecule has 3 nitrogen and oxygen atoms in total. The molecule has 0 unspecified atom stereocenters. The minimum absolute atomic E-state index is 0.0377. The molecule has 0 aromatic carbocycles. The zero-order chi connectivity index (χ0) is 12.7. The lowest BCUT2D eigenvalue weighted by atomic mass is 9.92. The summed E-state index contributed by atoms with van der Waals surface area (Å²) in [4.78, 5) is 10.8. The number of methoxy groups -OCH3 is 1. The van der Waals surface area contributed by atoms with Crippen LogP contribution in [0.1, 0.15) is 34.1 Å². The SMILES string of the molecule is C/C=C(\C)[C@H](OC)[C@H](/C=C(\C)C(=O)O)CC. The van der Waals surface area contributed by atoms with Gasteiger partial charge in [-0.25, -0.2) is 4.79 Å². The highest BCUT2D eigenvalue weighted by Crippen LogP contribution is 2.21. The highest BCUT2D eigenvalue weighted by atomic mass is 16.5. The van der Waals surface area contributed by atoms with Crippen LogP contribution in [-0.2, 0) is 9.53 Å². The lowest BCUT2D eigenvalue weighted by Gasteiger charge is -2.23. The fourth-order valence-corrected chi connectivity index (χ4v) is 1.67. The van der Waals surface area contributed by atoms with Crippen LogP contribution in [0.3, 0.4) is 0 Å². The van der Waals surface area contributed by atoms with E-state index in [1.807, 2.05) is 26.8 Å². The van der Waals surface area contributed by atoms with Crippen LogP contribution in [0.15, 0.2) is 23.3 Å². The van der Waals surface area contributed by atoms with Crippen LogP contribution in [0, 0.1) is 5.92 Å². The average Bonchev–Trinajstić information content (AvgIpc) is 2.27. The van der Waals surface area contributed by atoms with Crippen LogP contribution < -0.4 is 0 Å². The molecule has 16 heavy (non-hydrogen) atoms. The van der Waals surface area contributed by atoms with Crippen LogP contribution >= 0.6 is 0 Å². The highest BCUT2D eigenvalue weighted by Gasteiger charge is 2.19. The predicted octanol–water partition coefficient (Wildman–Crippen LogP) is 3.02. The van der Waals surface area contributed by atoms with Crippen molar-refractivity contribution in [3.63, 3.8) is 0 Å². The Morgan fingerprint density at radius 3 is 2.31 bits per heavy atom. The number of rotatable bonds is 6. The lowest BCUT2D eigenvalue weighted by Crippen LogP contribution is -2.23. The standard InChI is InChI=1S/C13H22O3/c1-6-9(3)12(16-5)11(7-2)8-10(4)13(14)15/h6,8,11-12H,7H2,1-5H3,(H,14,15)/b9-6+,10-8+/t11-,12-/m0/s1. The molecule has 0 fully saturated rings. The summed E-state index contributed by atoms with van der Waals surface area (Å²) >= 11 is 0. The van der Waals surface area contributed by atoms with Crippen molar-refractivity contribution in [3.8, 4) is 0 Å². The van der Waals surface area contributed by atoms with E-state index in [1.54, 1.807) is 20.1 Å². The Bertz CT molecular complexity index is 290. The van der Waals surface area contributed by atoms with Gasteiger partial charge in [0.2, 0.25) is 0 Å². The van der Waals surface area contributed by atoms with E-state index in [2.05, 4.69) is 0 Å². The van der Waals surface area contributed by atoms with Crippen molar-refractivity contribution in [2.45, 2.75) is 40.2 Å². The largest absolute Gasteiger partial charge is 0.478 e. The second-order valence-corrected chi connectivity index (χ2v) is 3.92. The van der Waals surface area contributed by atoms with Crippen LogP contribution in [0.5, 0.6) is 0 Å². The highest BCUT2D eigenvalue weighted by molar-refractivity contribution is 5.85. The van der Waals surface area contributed by atoms with Crippen molar-refractivity contribution < 1.29 is 14.6 Å². The van der Waals surface area contributed by atoms with Gasteiger partial charge in [0.15, 0.2) is 0 Å². The molecule has 0 bridgehead atoms. The molecule has 0 saturated carbocycles. The van der Waals surface area contributed by atoms with Crippen LogP contribution in [-0.4, -0.2) is 24.3 Å². The normalized spacial score (nSPS) is 17.1. The number of ether oxygens (including phenoxy) is 1. The van der Waals surface area contributed by atoms with Gasteiger partial charge in [0.25, 0.3) is 0 Å². The zero-order valence-electron chi connectivity index (χ0n) is 10.8. The maximum Gasteiger partial charge on any atom is 0.330 e. The number of aliphatic carboxylic acids is 1. The van der Waals surface area contributed by atoms with E-state index >= 15 is 0 Å². The number of allylic oxidation sites excluding steroid dienone is 1. The van der Waals surface area contributed by atoms with Crippen molar-refractivity contribution in [1.82, 2.24) is 0 Å². The van der Waals surface area contributed by atoms with Gasteiger partial charge >= 0.3 is 5.97 Å². The summed E-state index contributed by atoms with van der Waals surface area (Å²) in [5.74, 6) is -0.760. The molecule has 0 spiro atoms. The molecular formula is C13H22O3. The first kappa shape index (κ1) is 14.9.